The number of nitrogens with zero attached hydrogens (tertiary/aromatic N) is 2. The lowest BCUT2D eigenvalue weighted by molar-refractivity contribution is -0.133. The molecule has 1 saturated carbocycles. The summed E-state index contributed by atoms with van der Waals surface area (Å²) in [6.45, 7) is 0.364. The lowest BCUT2D eigenvalue weighted by Crippen LogP contribution is -2.47. The zero-order valence-corrected chi connectivity index (χ0v) is 21.1. The molecule has 0 N–H and O–H groups in total. The average molecular weight is 517 g/mol. The first-order valence-electron chi connectivity index (χ1n) is 11.2. The number of carbonyl (C=O) groups excluding carboxylic acids is 1. The lowest BCUT2D eigenvalue weighted by Gasteiger charge is -2.37. The Morgan fingerprint density at radius 3 is 2.47 bits per heavy atom. The van der Waals surface area contributed by atoms with Gasteiger partial charge in [0, 0.05) is 22.5 Å². The van der Waals surface area contributed by atoms with E-state index in [-0.39, 0.29) is 29.4 Å². The van der Waals surface area contributed by atoms with E-state index in [1.807, 2.05) is 34.5 Å². The molecule has 2 heterocycles. The minimum atomic E-state index is -3.82. The van der Waals surface area contributed by atoms with Crippen LogP contribution in [0.25, 0.3) is 0 Å². The van der Waals surface area contributed by atoms with E-state index in [0.29, 0.717) is 17.3 Å². The third kappa shape index (κ3) is 4.47. The van der Waals surface area contributed by atoms with Crippen molar-refractivity contribution >= 4 is 38.9 Å². The molecule has 1 fully saturated rings. The smallest absolute Gasteiger partial charge is 0.243 e. The normalized spacial score (nSPS) is 18.1. The summed E-state index contributed by atoms with van der Waals surface area (Å²) in [5, 5.41) is 2.68. The van der Waals surface area contributed by atoms with E-state index in [1.165, 1.54) is 28.4 Å². The van der Waals surface area contributed by atoms with E-state index >= 15 is 0 Å². The zero-order valence-electron chi connectivity index (χ0n) is 18.7. The largest absolute Gasteiger partial charge is 0.497 e. The minimum Gasteiger partial charge on any atom is -0.497 e. The van der Waals surface area contributed by atoms with Gasteiger partial charge in [0.25, 0.3) is 0 Å². The highest BCUT2D eigenvalue weighted by Crippen LogP contribution is 2.39. The first kappa shape index (κ1) is 23.4. The highest BCUT2D eigenvalue weighted by atomic mass is 35.5. The quantitative estimate of drug-likeness (QED) is 0.455. The number of methoxy groups -OCH3 is 1. The SMILES string of the molecule is COc1ccc(S(=O)(=O)N(CC(=O)N2CCc3sccc3C2c2ccc(Cl)cc2)C2CC2)cc1. The van der Waals surface area contributed by atoms with E-state index in [4.69, 9.17) is 16.3 Å². The summed E-state index contributed by atoms with van der Waals surface area (Å²) in [6.07, 6.45) is 2.29. The maximum Gasteiger partial charge on any atom is 0.243 e. The summed E-state index contributed by atoms with van der Waals surface area (Å²) in [4.78, 5) is 16.9. The molecule has 0 radical (unpaired) electrons. The van der Waals surface area contributed by atoms with Gasteiger partial charge in [0.15, 0.2) is 0 Å². The summed E-state index contributed by atoms with van der Waals surface area (Å²) in [6, 6.07) is 15.5. The number of carbonyl (C=O) groups is 1. The third-order valence-electron chi connectivity index (χ3n) is 6.38. The number of thiophene rings is 1. The minimum absolute atomic E-state index is 0.147. The van der Waals surface area contributed by atoms with Crippen LogP contribution in [0.15, 0.2) is 64.9 Å². The second kappa shape index (κ2) is 9.34. The molecular weight excluding hydrogens is 492 g/mol. The molecule has 2 aromatic carbocycles. The Morgan fingerprint density at radius 1 is 1.12 bits per heavy atom. The first-order chi connectivity index (χ1) is 16.4. The third-order valence-corrected chi connectivity index (χ3v) is 9.54. The Bertz CT molecular complexity index is 1290. The van der Waals surface area contributed by atoms with Crippen molar-refractivity contribution in [1.82, 2.24) is 9.21 Å². The second-order valence-electron chi connectivity index (χ2n) is 8.55. The van der Waals surface area contributed by atoms with Crippen molar-refractivity contribution in [1.29, 1.82) is 0 Å². The number of hydrogen-bond donors (Lipinski definition) is 0. The van der Waals surface area contributed by atoms with Gasteiger partial charge in [-0.3, -0.25) is 4.79 Å². The van der Waals surface area contributed by atoms with Crippen LogP contribution in [0, 0.1) is 0 Å². The topological polar surface area (TPSA) is 66.9 Å². The van der Waals surface area contributed by atoms with Gasteiger partial charge in [-0.15, -0.1) is 11.3 Å². The molecule has 3 aromatic rings. The van der Waals surface area contributed by atoms with Crippen molar-refractivity contribution in [3.05, 3.63) is 81.0 Å². The van der Waals surface area contributed by atoms with E-state index < -0.39 is 10.0 Å². The van der Waals surface area contributed by atoms with Crippen LogP contribution in [0.3, 0.4) is 0 Å². The summed E-state index contributed by atoms with van der Waals surface area (Å²) in [5.74, 6) is 0.388. The number of benzene rings is 2. The second-order valence-corrected chi connectivity index (χ2v) is 11.9. The predicted octanol–water partition coefficient (Wildman–Crippen LogP) is 4.74. The molecule has 34 heavy (non-hydrogen) atoms. The molecule has 1 aromatic heterocycles. The number of amides is 1. The van der Waals surface area contributed by atoms with Crippen LogP contribution in [0.4, 0.5) is 0 Å². The van der Waals surface area contributed by atoms with Crippen molar-refractivity contribution in [3.8, 4) is 5.75 Å². The van der Waals surface area contributed by atoms with Crippen molar-refractivity contribution in [2.75, 3.05) is 20.2 Å². The molecule has 2 aliphatic rings. The van der Waals surface area contributed by atoms with Crippen molar-refractivity contribution in [3.63, 3.8) is 0 Å². The Kier molecular flexibility index (Phi) is 6.41. The van der Waals surface area contributed by atoms with Crippen LogP contribution in [-0.2, 0) is 21.2 Å². The van der Waals surface area contributed by atoms with Gasteiger partial charge in [0.1, 0.15) is 5.75 Å². The van der Waals surface area contributed by atoms with Crippen LogP contribution in [0.1, 0.15) is 34.9 Å². The molecule has 1 aliphatic carbocycles. The molecule has 0 saturated heterocycles. The number of halogens is 1. The van der Waals surface area contributed by atoms with Gasteiger partial charge in [-0.1, -0.05) is 23.7 Å². The molecule has 1 aliphatic heterocycles. The molecule has 6 nitrogen and oxygen atoms in total. The Balaban J connectivity index is 1.44. The highest BCUT2D eigenvalue weighted by molar-refractivity contribution is 7.89. The molecule has 1 unspecified atom stereocenters. The maximum absolute atomic E-state index is 13.7. The fourth-order valence-corrected chi connectivity index (χ4v) is 7.13. The van der Waals surface area contributed by atoms with Gasteiger partial charge in [-0.2, -0.15) is 4.31 Å². The van der Waals surface area contributed by atoms with E-state index in [9.17, 15) is 13.2 Å². The Labute approximate surface area is 208 Å². The summed E-state index contributed by atoms with van der Waals surface area (Å²) in [5.41, 5.74) is 2.07. The van der Waals surface area contributed by atoms with Gasteiger partial charge >= 0.3 is 0 Å². The van der Waals surface area contributed by atoms with Gasteiger partial charge in [-0.25, -0.2) is 8.42 Å². The van der Waals surface area contributed by atoms with Crippen molar-refractivity contribution < 1.29 is 17.9 Å². The summed E-state index contributed by atoms with van der Waals surface area (Å²) < 4.78 is 33.5. The fourth-order valence-electron chi connectivity index (χ4n) is 4.47. The monoisotopic (exact) mass is 516 g/mol. The molecule has 5 rings (SSSR count). The highest BCUT2D eigenvalue weighted by Gasteiger charge is 2.41. The molecule has 0 spiro atoms. The fraction of sp³-hybridized carbons (Fsp3) is 0.320. The molecule has 0 bridgehead atoms. The van der Waals surface area contributed by atoms with Gasteiger partial charge in [-0.05, 0) is 78.2 Å². The number of fused-ring (bicyclic) bond motifs is 1. The standard InChI is InChI=1S/C25H25ClN2O4S2/c1-32-20-8-10-21(11-9-20)34(30,31)28(19-6-7-19)16-24(29)27-14-12-23-22(13-15-33-23)25(27)17-2-4-18(26)5-3-17/h2-5,8-11,13,15,19,25H,6-7,12,14,16H2,1H3. The molecular formula is C25H25ClN2O4S2. The van der Waals surface area contributed by atoms with Crippen LogP contribution in [-0.4, -0.2) is 49.8 Å². The van der Waals surface area contributed by atoms with Gasteiger partial charge in [0.2, 0.25) is 15.9 Å². The van der Waals surface area contributed by atoms with Crippen molar-refractivity contribution in [2.45, 2.75) is 36.2 Å². The number of rotatable bonds is 7. The zero-order chi connectivity index (χ0) is 23.9. The maximum atomic E-state index is 13.7. The lowest BCUT2D eigenvalue weighted by atomic mass is 9.93. The number of hydrogen-bond acceptors (Lipinski definition) is 5. The van der Waals surface area contributed by atoms with E-state index in [1.54, 1.807) is 23.5 Å². The van der Waals surface area contributed by atoms with Crippen LogP contribution in [0.5, 0.6) is 5.75 Å². The Hall–Kier alpha value is -2.39. The first-order valence-corrected chi connectivity index (χ1v) is 13.9. The van der Waals surface area contributed by atoms with Crippen LogP contribution >= 0.6 is 22.9 Å². The number of ether oxygens (including phenoxy) is 1. The number of sulfonamides is 1. The summed E-state index contributed by atoms with van der Waals surface area (Å²) in [7, 11) is -2.28. The van der Waals surface area contributed by atoms with Gasteiger partial charge < -0.3 is 9.64 Å². The molecule has 1 amide bonds. The Morgan fingerprint density at radius 2 is 1.82 bits per heavy atom. The average Bonchev–Trinajstić information content (AvgIpc) is 3.57. The van der Waals surface area contributed by atoms with E-state index in [2.05, 4.69) is 6.07 Å². The van der Waals surface area contributed by atoms with E-state index in [0.717, 1.165) is 30.4 Å². The van der Waals surface area contributed by atoms with Crippen molar-refractivity contribution in [2.24, 2.45) is 0 Å². The molecule has 1 atom stereocenters. The van der Waals surface area contributed by atoms with Crippen LogP contribution in [0.2, 0.25) is 5.02 Å². The van der Waals surface area contributed by atoms with Gasteiger partial charge in [0.05, 0.1) is 24.6 Å². The van der Waals surface area contributed by atoms with Crippen LogP contribution < -0.4 is 4.74 Å². The predicted molar refractivity (Wildman–Crippen MR) is 133 cm³/mol. The molecule has 178 valence electrons. The molecule has 9 heteroatoms. The summed E-state index contributed by atoms with van der Waals surface area (Å²) >= 11 is 7.80.